The number of carbonyl (C=O) groups is 1. The molecule has 0 aliphatic carbocycles. The van der Waals surface area contributed by atoms with Crippen LogP contribution >= 0.6 is 11.3 Å². The molecule has 0 saturated heterocycles. The number of thiophene rings is 1. The van der Waals surface area contributed by atoms with Crippen molar-refractivity contribution in [3.05, 3.63) is 16.3 Å². The predicted molar refractivity (Wildman–Crippen MR) is 62.9 cm³/mol. The van der Waals surface area contributed by atoms with Gasteiger partial charge in [0.2, 0.25) is 10.0 Å². The molecular formula is C9H14N2O3S2. The van der Waals surface area contributed by atoms with Gasteiger partial charge in [-0.05, 0) is 19.4 Å². The number of nitrogens with one attached hydrogen (secondary N) is 1. The van der Waals surface area contributed by atoms with Gasteiger partial charge in [-0.1, -0.05) is 6.92 Å². The van der Waals surface area contributed by atoms with E-state index in [9.17, 15) is 13.2 Å². The lowest BCUT2D eigenvalue weighted by atomic mass is 10.3. The first-order valence-electron chi connectivity index (χ1n) is 4.77. The largest absolute Gasteiger partial charge is 0.365 e. The Kier molecular flexibility index (Phi) is 4.06. The summed E-state index contributed by atoms with van der Waals surface area (Å²) in [5.74, 6) is -0.616. The van der Waals surface area contributed by atoms with E-state index in [0.29, 0.717) is 6.42 Å². The Labute approximate surface area is 98.7 Å². The molecule has 1 heterocycles. The molecule has 0 bridgehead atoms. The van der Waals surface area contributed by atoms with Gasteiger partial charge in [0, 0.05) is 11.4 Å². The molecule has 0 aliphatic heterocycles. The van der Waals surface area contributed by atoms with Gasteiger partial charge < -0.3 is 5.73 Å². The molecule has 0 saturated carbocycles. The van der Waals surface area contributed by atoms with Crippen molar-refractivity contribution in [2.45, 2.75) is 31.2 Å². The average molecular weight is 262 g/mol. The first-order valence-corrected chi connectivity index (χ1v) is 7.13. The highest BCUT2D eigenvalue weighted by Crippen LogP contribution is 2.19. The fourth-order valence-electron chi connectivity index (χ4n) is 1.01. The number of carbonyl (C=O) groups excluding carboxylic acids is 1. The highest BCUT2D eigenvalue weighted by Gasteiger charge is 2.19. The molecule has 0 aliphatic rings. The van der Waals surface area contributed by atoms with Gasteiger partial charge in [-0.3, -0.25) is 4.79 Å². The van der Waals surface area contributed by atoms with Crippen LogP contribution in [0, 0.1) is 0 Å². The Morgan fingerprint density at radius 2 is 2.25 bits per heavy atom. The number of sulfonamides is 1. The maximum atomic E-state index is 11.8. The summed E-state index contributed by atoms with van der Waals surface area (Å²) in [6, 6.07) is 1.15. The molecule has 0 radical (unpaired) electrons. The van der Waals surface area contributed by atoms with Crippen molar-refractivity contribution in [1.29, 1.82) is 0 Å². The van der Waals surface area contributed by atoms with Crippen LogP contribution in [0.1, 0.15) is 29.9 Å². The van der Waals surface area contributed by atoms with E-state index in [2.05, 4.69) is 4.72 Å². The molecule has 3 N–H and O–H groups in total. The summed E-state index contributed by atoms with van der Waals surface area (Å²) in [6.07, 6.45) is 0.700. The molecule has 1 amide bonds. The molecule has 1 aromatic rings. The fraction of sp³-hybridized carbons (Fsp3) is 0.444. The summed E-state index contributed by atoms with van der Waals surface area (Å²) in [5, 5.41) is 1.41. The van der Waals surface area contributed by atoms with E-state index >= 15 is 0 Å². The summed E-state index contributed by atoms with van der Waals surface area (Å²) in [6.45, 7) is 3.66. The molecule has 5 nitrogen and oxygen atoms in total. The lowest BCUT2D eigenvalue weighted by molar-refractivity contribution is 0.100. The van der Waals surface area contributed by atoms with Crippen molar-refractivity contribution in [3.63, 3.8) is 0 Å². The lowest BCUT2D eigenvalue weighted by Gasteiger charge is -2.10. The molecule has 1 aromatic heterocycles. The summed E-state index contributed by atoms with van der Waals surface area (Å²) in [7, 11) is -3.53. The Morgan fingerprint density at radius 1 is 1.62 bits per heavy atom. The van der Waals surface area contributed by atoms with E-state index in [1.165, 1.54) is 11.4 Å². The second-order valence-electron chi connectivity index (χ2n) is 3.44. The van der Waals surface area contributed by atoms with E-state index in [4.69, 9.17) is 5.73 Å². The zero-order valence-corrected chi connectivity index (χ0v) is 10.7. The maximum Gasteiger partial charge on any atom is 0.258 e. The molecule has 0 spiro atoms. The van der Waals surface area contributed by atoms with Crippen LogP contribution in [0.5, 0.6) is 0 Å². The van der Waals surface area contributed by atoms with Gasteiger partial charge in [-0.15, -0.1) is 11.3 Å². The Hall–Kier alpha value is -0.920. The van der Waals surface area contributed by atoms with Crippen LogP contribution in [-0.4, -0.2) is 20.4 Å². The third-order valence-corrected chi connectivity index (χ3v) is 4.76. The number of rotatable bonds is 5. The third kappa shape index (κ3) is 3.03. The molecule has 16 heavy (non-hydrogen) atoms. The summed E-state index contributed by atoms with van der Waals surface area (Å²) < 4.78 is 26.1. The van der Waals surface area contributed by atoms with Crippen molar-refractivity contribution in [2.75, 3.05) is 0 Å². The van der Waals surface area contributed by atoms with E-state index in [0.717, 1.165) is 11.3 Å². The molecule has 1 atom stereocenters. The maximum absolute atomic E-state index is 11.8. The first kappa shape index (κ1) is 13.1. The predicted octanol–water partition coefficient (Wildman–Crippen LogP) is 0.924. The monoisotopic (exact) mass is 262 g/mol. The lowest BCUT2D eigenvalue weighted by Crippen LogP contribution is -2.31. The Morgan fingerprint density at radius 3 is 2.69 bits per heavy atom. The highest BCUT2D eigenvalue weighted by molar-refractivity contribution is 7.89. The minimum absolute atomic E-state index is 0.0894. The third-order valence-electron chi connectivity index (χ3n) is 2.10. The minimum atomic E-state index is -3.53. The molecular weight excluding hydrogens is 248 g/mol. The summed E-state index contributed by atoms with van der Waals surface area (Å²) >= 11 is 1.03. The second-order valence-corrected chi connectivity index (χ2v) is 6.07. The van der Waals surface area contributed by atoms with Crippen LogP contribution in [0.3, 0.4) is 0 Å². The standard InChI is InChI=1S/C9H14N2O3S2/c1-3-6(2)11-16(13,14)7-4-8(9(10)12)15-5-7/h4-6,11H,3H2,1-2H3,(H2,10,12). The smallest absolute Gasteiger partial charge is 0.258 e. The second kappa shape index (κ2) is 4.94. The van der Waals surface area contributed by atoms with Crippen molar-refractivity contribution in [1.82, 2.24) is 4.72 Å². The van der Waals surface area contributed by atoms with E-state index in [-0.39, 0.29) is 15.8 Å². The molecule has 1 rings (SSSR count). The van der Waals surface area contributed by atoms with Crippen LogP contribution in [-0.2, 0) is 10.0 Å². The SMILES string of the molecule is CCC(C)NS(=O)(=O)c1csc(C(N)=O)c1. The Bertz CT molecular complexity index is 479. The topological polar surface area (TPSA) is 89.3 Å². The van der Waals surface area contributed by atoms with Crippen LogP contribution < -0.4 is 10.5 Å². The molecule has 7 heteroatoms. The Balaban J connectivity index is 2.94. The molecule has 1 unspecified atom stereocenters. The zero-order chi connectivity index (χ0) is 12.3. The van der Waals surface area contributed by atoms with E-state index in [1.807, 2.05) is 6.92 Å². The molecule has 90 valence electrons. The number of amides is 1. The van der Waals surface area contributed by atoms with Crippen LogP contribution in [0.25, 0.3) is 0 Å². The van der Waals surface area contributed by atoms with E-state index in [1.54, 1.807) is 6.92 Å². The van der Waals surface area contributed by atoms with Crippen molar-refractivity contribution >= 4 is 27.3 Å². The van der Waals surface area contributed by atoms with Gasteiger partial charge >= 0.3 is 0 Å². The van der Waals surface area contributed by atoms with E-state index < -0.39 is 15.9 Å². The number of hydrogen-bond acceptors (Lipinski definition) is 4. The summed E-state index contributed by atoms with van der Waals surface area (Å²) in [4.78, 5) is 11.2. The summed E-state index contributed by atoms with van der Waals surface area (Å²) in [5.41, 5.74) is 5.05. The van der Waals surface area contributed by atoms with Crippen LogP contribution in [0.2, 0.25) is 0 Å². The first-order chi connectivity index (χ1) is 7.36. The van der Waals surface area contributed by atoms with Crippen molar-refractivity contribution in [2.24, 2.45) is 5.73 Å². The fourth-order valence-corrected chi connectivity index (χ4v) is 3.46. The van der Waals surface area contributed by atoms with Crippen molar-refractivity contribution < 1.29 is 13.2 Å². The minimum Gasteiger partial charge on any atom is -0.365 e. The number of nitrogens with two attached hydrogens (primary N) is 1. The van der Waals surface area contributed by atoms with Crippen LogP contribution in [0.15, 0.2) is 16.3 Å². The van der Waals surface area contributed by atoms with Gasteiger partial charge in [0.25, 0.3) is 5.91 Å². The van der Waals surface area contributed by atoms with Gasteiger partial charge in [-0.2, -0.15) is 0 Å². The average Bonchev–Trinajstić information content (AvgIpc) is 2.66. The van der Waals surface area contributed by atoms with Crippen molar-refractivity contribution in [3.8, 4) is 0 Å². The molecule has 0 aromatic carbocycles. The van der Waals surface area contributed by atoms with Gasteiger partial charge in [-0.25, -0.2) is 13.1 Å². The normalized spacial score (nSPS) is 13.6. The zero-order valence-electron chi connectivity index (χ0n) is 9.06. The van der Waals surface area contributed by atoms with Gasteiger partial charge in [0.05, 0.1) is 9.77 Å². The molecule has 0 fully saturated rings. The number of primary amides is 1. The number of hydrogen-bond donors (Lipinski definition) is 2. The van der Waals surface area contributed by atoms with Gasteiger partial charge in [0.15, 0.2) is 0 Å². The highest BCUT2D eigenvalue weighted by atomic mass is 32.2. The van der Waals surface area contributed by atoms with Gasteiger partial charge in [0.1, 0.15) is 0 Å². The quantitative estimate of drug-likeness (QED) is 0.827. The van der Waals surface area contributed by atoms with Crippen LogP contribution in [0.4, 0.5) is 0 Å².